The first kappa shape index (κ1) is 18.3. The Labute approximate surface area is 175 Å². The molecular weight excluding hydrogens is 400 g/mol. The Bertz CT molecular complexity index is 1370. The molecule has 0 unspecified atom stereocenters. The summed E-state index contributed by atoms with van der Waals surface area (Å²) >= 11 is 1.35. The van der Waals surface area contributed by atoms with E-state index in [0.29, 0.717) is 33.7 Å². The molecule has 0 atom stereocenters. The number of para-hydroxylation sites is 1. The Morgan fingerprint density at radius 1 is 1.07 bits per heavy atom. The lowest BCUT2D eigenvalue weighted by molar-refractivity contribution is 0.391. The minimum absolute atomic E-state index is 0.187. The summed E-state index contributed by atoms with van der Waals surface area (Å²) in [6.45, 7) is 2.03. The molecule has 148 valence electrons. The Morgan fingerprint density at radius 2 is 1.87 bits per heavy atom. The number of aromatic nitrogens is 6. The topological polar surface area (TPSA) is 102 Å². The van der Waals surface area contributed by atoms with Gasteiger partial charge < -0.3 is 4.52 Å². The Hall–Kier alpha value is -3.72. The van der Waals surface area contributed by atoms with Crippen molar-refractivity contribution in [3.63, 3.8) is 0 Å². The molecule has 3 heterocycles. The van der Waals surface area contributed by atoms with E-state index in [2.05, 4.69) is 25.3 Å². The molecule has 1 N–H and O–H groups in total. The molecule has 0 saturated heterocycles. The first-order chi connectivity index (χ1) is 14.7. The lowest BCUT2D eigenvalue weighted by atomic mass is 10.1. The van der Waals surface area contributed by atoms with Gasteiger partial charge in [-0.3, -0.25) is 14.5 Å². The minimum atomic E-state index is -0.187. The van der Waals surface area contributed by atoms with Crippen LogP contribution in [0.4, 0.5) is 0 Å². The third-order valence-corrected chi connectivity index (χ3v) is 5.49. The molecule has 0 bridgehead atoms. The van der Waals surface area contributed by atoms with Crippen LogP contribution in [-0.4, -0.2) is 29.9 Å². The number of nitrogens with one attached hydrogen (secondary N) is 1. The smallest absolute Gasteiger partial charge is 0.269 e. The molecule has 0 saturated carbocycles. The van der Waals surface area contributed by atoms with Gasteiger partial charge in [0.25, 0.3) is 5.56 Å². The summed E-state index contributed by atoms with van der Waals surface area (Å²) in [5.74, 6) is 1.36. The molecule has 2 aromatic carbocycles. The molecule has 0 aliphatic rings. The molecule has 0 fully saturated rings. The monoisotopic (exact) mass is 416 g/mol. The van der Waals surface area contributed by atoms with E-state index in [-0.39, 0.29) is 5.56 Å². The van der Waals surface area contributed by atoms with Crippen LogP contribution in [-0.2, 0) is 5.75 Å². The lowest BCUT2D eigenvalue weighted by Crippen LogP contribution is -2.21. The van der Waals surface area contributed by atoms with Crippen LogP contribution in [0, 0.1) is 6.92 Å². The molecule has 0 aliphatic carbocycles. The zero-order chi connectivity index (χ0) is 20.5. The Balaban J connectivity index is 1.47. The number of nitrogens with zero attached hydrogens (tertiary/aromatic N) is 5. The van der Waals surface area contributed by atoms with Crippen molar-refractivity contribution in [3.05, 3.63) is 82.6 Å². The van der Waals surface area contributed by atoms with Crippen LogP contribution in [0.2, 0.25) is 0 Å². The normalized spacial score (nSPS) is 11.2. The Kier molecular flexibility index (Phi) is 4.64. The molecule has 5 aromatic rings. The van der Waals surface area contributed by atoms with Gasteiger partial charge in [-0.05, 0) is 19.1 Å². The molecule has 0 amide bonds. The van der Waals surface area contributed by atoms with Crippen LogP contribution in [0.5, 0.6) is 0 Å². The van der Waals surface area contributed by atoms with Crippen LogP contribution in [0.3, 0.4) is 0 Å². The van der Waals surface area contributed by atoms with Crippen molar-refractivity contribution < 1.29 is 4.52 Å². The van der Waals surface area contributed by atoms with Gasteiger partial charge >= 0.3 is 0 Å². The predicted octanol–water partition coefficient (Wildman–Crippen LogP) is 3.76. The molecule has 8 nitrogen and oxygen atoms in total. The van der Waals surface area contributed by atoms with Crippen LogP contribution >= 0.6 is 11.8 Å². The number of hydrogen-bond acceptors (Lipinski definition) is 7. The van der Waals surface area contributed by atoms with Gasteiger partial charge in [0, 0.05) is 5.56 Å². The van der Waals surface area contributed by atoms with E-state index < -0.39 is 0 Å². The number of fused-ring (bicyclic) bond motifs is 1. The first-order valence-electron chi connectivity index (χ1n) is 9.23. The average Bonchev–Trinajstić information content (AvgIpc) is 3.43. The first-order valence-corrected chi connectivity index (χ1v) is 10.2. The number of H-pyrrole nitrogens is 1. The maximum atomic E-state index is 13.0. The van der Waals surface area contributed by atoms with E-state index >= 15 is 0 Å². The molecule has 30 heavy (non-hydrogen) atoms. The van der Waals surface area contributed by atoms with Crippen LogP contribution in [0.15, 0.2) is 75.3 Å². The van der Waals surface area contributed by atoms with Crippen LogP contribution in [0.1, 0.15) is 11.5 Å². The van der Waals surface area contributed by atoms with Crippen molar-refractivity contribution in [2.24, 2.45) is 0 Å². The van der Waals surface area contributed by atoms with E-state index in [4.69, 9.17) is 4.52 Å². The van der Waals surface area contributed by atoms with Crippen molar-refractivity contribution >= 4 is 22.8 Å². The van der Waals surface area contributed by atoms with E-state index in [9.17, 15) is 4.79 Å². The number of rotatable bonds is 5. The van der Waals surface area contributed by atoms with Crippen LogP contribution in [0.25, 0.3) is 28.1 Å². The largest absolute Gasteiger partial charge is 0.338 e. The summed E-state index contributed by atoms with van der Waals surface area (Å²) in [4.78, 5) is 22.1. The maximum absolute atomic E-state index is 13.0. The summed E-state index contributed by atoms with van der Waals surface area (Å²) < 4.78 is 6.97. The third kappa shape index (κ3) is 3.39. The fourth-order valence-electron chi connectivity index (χ4n) is 3.04. The molecule has 0 radical (unpaired) electrons. The number of aromatic amines is 1. The summed E-state index contributed by atoms with van der Waals surface area (Å²) in [6, 6.07) is 17.3. The quantitative estimate of drug-likeness (QED) is 0.344. The molecule has 5 rings (SSSR count). The van der Waals surface area contributed by atoms with Gasteiger partial charge in [-0.25, -0.2) is 4.98 Å². The SMILES string of the molecule is Cc1ccc(-c2noc(CSc3nc4[nH]ncc4c(=O)n3-c3ccccc3)n2)cc1. The lowest BCUT2D eigenvalue weighted by Gasteiger charge is -2.10. The number of benzene rings is 2. The van der Waals surface area contributed by atoms with Crippen molar-refractivity contribution in [3.8, 4) is 17.1 Å². The van der Waals surface area contributed by atoms with Crippen molar-refractivity contribution in [2.75, 3.05) is 0 Å². The highest BCUT2D eigenvalue weighted by molar-refractivity contribution is 7.98. The standard InChI is InChI=1S/C21H16N6O2S/c1-13-7-9-14(10-8-13)18-23-17(29-26-18)12-30-21-24-19-16(11-22-25-19)20(28)27(21)15-5-3-2-4-6-15/h2-11H,12H2,1H3,(H,22,25). The second-order valence-corrected chi connectivity index (χ2v) is 7.61. The van der Waals surface area contributed by atoms with Crippen molar-refractivity contribution in [1.29, 1.82) is 0 Å². The van der Waals surface area contributed by atoms with E-state index in [1.54, 1.807) is 4.57 Å². The third-order valence-electron chi connectivity index (χ3n) is 4.57. The van der Waals surface area contributed by atoms with Crippen molar-refractivity contribution in [2.45, 2.75) is 17.8 Å². The van der Waals surface area contributed by atoms with Gasteiger partial charge in [0.15, 0.2) is 10.8 Å². The summed E-state index contributed by atoms with van der Waals surface area (Å²) in [6.07, 6.45) is 1.49. The maximum Gasteiger partial charge on any atom is 0.269 e. The average molecular weight is 416 g/mol. The van der Waals surface area contributed by atoms with Crippen molar-refractivity contribution in [1.82, 2.24) is 29.9 Å². The van der Waals surface area contributed by atoms with E-state index in [1.807, 2.05) is 61.5 Å². The summed E-state index contributed by atoms with van der Waals surface area (Å²) in [5.41, 5.74) is 3.04. The minimum Gasteiger partial charge on any atom is -0.338 e. The second-order valence-electron chi connectivity index (χ2n) is 6.67. The molecule has 3 aromatic heterocycles. The van der Waals surface area contributed by atoms with Gasteiger partial charge in [0.1, 0.15) is 5.39 Å². The zero-order valence-corrected chi connectivity index (χ0v) is 16.8. The van der Waals surface area contributed by atoms with Gasteiger partial charge in [-0.1, -0.05) is 64.9 Å². The fourth-order valence-corrected chi connectivity index (χ4v) is 3.88. The van der Waals surface area contributed by atoms with Gasteiger partial charge in [-0.2, -0.15) is 10.1 Å². The summed E-state index contributed by atoms with van der Waals surface area (Å²) in [5, 5.41) is 11.7. The number of hydrogen-bond donors (Lipinski definition) is 1. The van der Waals surface area contributed by atoms with E-state index in [1.165, 1.54) is 18.0 Å². The highest BCUT2D eigenvalue weighted by atomic mass is 32.2. The molecular formula is C21H16N6O2S. The molecule has 0 aliphatic heterocycles. The highest BCUT2D eigenvalue weighted by Gasteiger charge is 2.16. The Morgan fingerprint density at radius 3 is 2.67 bits per heavy atom. The second kappa shape index (κ2) is 7.60. The van der Waals surface area contributed by atoms with E-state index in [0.717, 1.165) is 16.8 Å². The van der Waals surface area contributed by atoms with Crippen LogP contribution < -0.4 is 5.56 Å². The number of aryl methyl sites for hydroxylation is 1. The zero-order valence-electron chi connectivity index (χ0n) is 15.9. The summed E-state index contributed by atoms with van der Waals surface area (Å²) in [7, 11) is 0. The van der Waals surface area contributed by atoms with Gasteiger partial charge in [0.05, 0.1) is 17.6 Å². The predicted molar refractivity (Wildman–Crippen MR) is 114 cm³/mol. The fraction of sp³-hybridized carbons (Fsp3) is 0.0952. The number of thioether (sulfide) groups is 1. The molecule has 9 heteroatoms. The van der Waals surface area contributed by atoms with Gasteiger partial charge in [0.2, 0.25) is 11.7 Å². The highest BCUT2D eigenvalue weighted by Crippen LogP contribution is 2.25. The molecule has 0 spiro atoms. The van der Waals surface area contributed by atoms with Gasteiger partial charge in [-0.15, -0.1) is 0 Å².